The number of hydrogen-bond acceptors (Lipinski definition) is 4. The van der Waals surface area contributed by atoms with E-state index in [0.717, 1.165) is 28.2 Å². The smallest absolute Gasteiger partial charge is 0.230 e. The van der Waals surface area contributed by atoms with Gasteiger partial charge in [-0.05, 0) is 24.8 Å². The van der Waals surface area contributed by atoms with Gasteiger partial charge in [-0.15, -0.1) is 11.3 Å². The van der Waals surface area contributed by atoms with Gasteiger partial charge in [0, 0.05) is 29.2 Å². The average Bonchev–Trinajstić information content (AvgIpc) is 3.14. The Balaban J connectivity index is 1.69. The Morgan fingerprint density at radius 3 is 2.41 bits per heavy atom. The number of nitrogens with one attached hydrogen (secondary N) is 1. The van der Waals surface area contributed by atoms with Gasteiger partial charge in [0.25, 0.3) is 0 Å². The molecule has 2 heterocycles. The summed E-state index contributed by atoms with van der Waals surface area (Å²) in [5.41, 5.74) is 6.23. The highest BCUT2D eigenvalue weighted by atomic mass is 32.1. The highest BCUT2D eigenvalue weighted by molar-refractivity contribution is 7.14. The minimum atomic E-state index is -0.0711. The van der Waals surface area contributed by atoms with Crippen molar-refractivity contribution in [2.24, 2.45) is 7.05 Å². The molecule has 3 aromatic rings. The number of thiazole rings is 1. The van der Waals surface area contributed by atoms with Crippen molar-refractivity contribution in [1.29, 1.82) is 0 Å². The van der Waals surface area contributed by atoms with Crippen molar-refractivity contribution in [1.82, 2.24) is 14.8 Å². The van der Waals surface area contributed by atoms with Crippen LogP contribution in [0.2, 0.25) is 0 Å². The Morgan fingerprint density at radius 2 is 1.85 bits per heavy atom. The second-order valence-corrected chi connectivity index (χ2v) is 8.72. The fraction of sp³-hybridized carbons (Fsp3) is 0.381. The molecule has 27 heavy (non-hydrogen) atoms. The van der Waals surface area contributed by atoms with Crippen molar-refractivity contribution in [3.63, 3.8) is 0 Å². The quantitative estimate of drug-likeness (QED) is 0.715. The zero-order chi connectivity index (χ0) is 19.8. The lowest BCUT2D eigenvalue weighted by Gasteiger charge is -2.18. The van der Waals surface area contributed by atoms with Gasteiger partial charge in [0.15, 0.2) is 5.13 Å². The number of carbonyl (C=O) groups excluding carboxylic acids is 1. The van der Waals surface area contributed by atoms with Crippen LogP contribution in [0.4, 0.5) is 5.13 Å². The van der Waals surface area contributed by atoms with Crippen LogP contribution in [0, 0.1) is 13.8 Å². The lowest BCUT2D eigenvalue weighted by atomic mass is 9.86. The van der Waals surface area contributed by atoms with E-state index in [1.165, 1.54) is 16.9 Å². The summed E-state index contributed by atoms with van der Waals surface area (Å²) in [7, 11) is 1.89. The monoisotopic (exact) mass is 382 g/mol. The molecule has 2 aromatic heterocycles. The van der Waals surface area contributed by atoms with Crippen LogP contribution in [0.1, 0.15) is 43.3 Å². The largest absolute Gasteiger partial charge is 0.302 e. The molecule has 0 aliphatic rings. The predicted octanol–water partition coefficient (Wildman–Crippen LogP) is 4.64. The van der Waals surface area contributed by atoms with Crippen LogP contribution in [-0.4, -0.2) is 20.7 Å². The van der Waals surface area contributed by atoms with E-state index in [0.29, 0.717) is 11.6 Å². The molecule has 0 radical (unpaired) electrons. The number of hydrogen-bond donors (Lipinski definition) is 1. The van der Waals surface area contributed by atoms with Gasteiger partial charge >= 0.3 is 0 Å². The zero-order valence-electron chi connectivity index (χ0n) is 16.8. The number of aryl methyl sites for hydroxylation is 2. The lowest BCUT2D eigenvalue weighted by molar-refractivity contribution is -0.115. The third-order valence-electron chi connectivity index (χ3n) is 4.79. The first-order valence-corrected chi connectivity index (χ1v) is 9.88. The summed E-state index contributed by atoms with van der Waals surface area (Å²) in [6, 6.07) is 8.45. The fourth-order valence-electron chi connectivity index (χ4n) is 3.00. The minimum absolute atomic E-state index is 0.0711. The van der Waals surface area contributed by atoms with Crippen LogP contribution in [0.15, 0.2) is 29.6 Å². The summed E-state index contributed by atoms with van der Waals surface area (Å²) < 4.78 is 1.81. The van der Waals surface area contributed by atoms with Crippen molar-refractivity contribution in [3.05, 3.63) is 52.2 Å². The predicted molar refractivity (Wildman–Crippen MR) is 111 cm³/mol. The molecule has 0 unspecified atom stereocenters. The first kappa shape index (κ1) is 19.3. The van der Waals surface area contributed by atoms with Gasteiger partial charge in [-0.1, -0.05) is 45.0 Å². The molecule has 142 valence electrons. The van der Waals surface area contributed by atoms with Gasteiger partial charge in [-0.3, -0.25) is 9.48 Å². The Morgan fingerprint density at radius 1 is 1.19 bits per heavy atom. The third kappa shape index (κ3) is 4.27. The summed E-state index contributed by atoms with van der Waals surface area (Å²) in [6.07, 6.45) is 0.306. The zero-order valence-corrected chi connectivity index (χ0v) is 17.6. The number of amides is 1. The summed E-state index contributed by atoms with van der Waals surface area (Å²) >= 11 is 1.44. The molecule has 3 rings (SSSR count). The molecule has 5 nitrogen and oxygen atoms in total. The molecular formula is C21H26N4OS. The van der Waals surface area contributed by atoms with Crippen molar-refractivity contribution in [2.75, 3.05) is 5.32 Å². The lowest BCUT2D eigenvalue weighted by Crippen LogP contribution is -2.15. The first-order valence-electron chi connectivity index (χ1n) is 9.00. The van der Waals surface area contributed by atoms with Crippen LogP contribution < -0.4 is 5.32 Å². The number of rotatable bonds is 4. The van der Waals surface area contributed by atoms with Crippen LogP contribution in [0.5, 0.6) is 0 Å². The fourth-order valence-corrected chi connectivity index (χ4v) is 3.74. The molecule has 0 bridgehead atoms. The average molecular weight is 383 g/mol. The van der Waals surface area contributed by atoms with E-state index in [9.17, 15) is 4.79 Å². The van der Waals surface area contributed by atoms with Crippen molar-refractivity contribution >= 4 is 22.4 Å². The molecule has 0 aliphatic heterocycles. The Kier molecular flexibility index (Phi) is 5.20. The SMILES string of the molecule is Cc1nn(C)c(C)c1CC(=O)Nc1nc(-c2ccc(C(C)(C)C)cc2)cs1. The van der Waals surface area contributed by atoms with E-state index in [1.807, 2.05) is 26.3 Å². The topological polar surface area (TPSA) is 59.8 Å². The number of aromatic nitrogens is 3. The standard InChI is InChI=1S/C21H26N4OS/c1-13-17(14(2)25(6)24-13)11-19(26)23-20-22-18(12-27-20)15-7-9-16(10-8-15)21(3,4)5/h7-10,12H,11H2,1-6H3,(H,22,23,26). The van der Waals surface area contributed by atoms with E-state index in [2.05, 4.69) is 60.4 Å². The molecule has 1 N–H and O–H groups in total. The molecule has 1 aromatic carbocycles. The van der Waals surface area contributed by atoms with Crippen LogP contribution >= 0.6 is 11.3 Å². The van der Waals surface area contributed by atoms with E-state index < -0.39 is 0 Å². The van der Waals surface area contributed by atoms with Gasteiger partial charge in [0.1, 0.15) is 0 Å². The van der Waals surface area contributed by atoms with Crippen molar-refractivity contribution in [3.8, 4) is 11.3 Å². The maximum absolute atomic E-state index is 12.4. The minimum Gasteiger partial charge on any atom is -0.302 e. The summed E-state index contributed by atoms with van der Waals surface area (Å²) in [4.78, 5) is 17.0. The maximum atomic E-state index is 12.4. The normalized spacial score (nSPS) is 11.6. The van der Waals surface area contributed by atoms with Gasteiger partial charge in [-0.2, -0.15) is 5.10 Å². The number of benzene rings is 1. The van der Waals surface area contributed by atoms with Crippen molar-refractivity contribution < 1.29 is 4.79 Å². The Hall–Kier alpha value is -2.47. The molecule has 0 fully saturated rings. The van der Waals surface area contributed by atoms with E-state index >= 15 is 0 Å². The molecule has 0 spiro atoms. The Bertz CT molecular complexity index is 961. The van der Waals surface area contributed by atoms with Crippen LogP contribution in [0.3, 0.4) is 0 Å². The molecular weight excluding hydrogens is 356 g/mol. The molecule has 1 amide bonds. The van der Waals surface area contributed by atoms with Gasteiger partial charge in [0.2, 0.25) is 5.91 Å². The van der Waals surface area contributed by atoms with E-state index in [-0.39, 0.29) is 11.3 Å². The second-order valence-electron chi connectivity index (χ2n) is 7.86. The highest BCUT2D eigenvalue weighted by Gasteiger charge is 2.16. The van der Waals surface area contributed by atoms with Gasteiger partial charge in [-0.25, -0.2) is 4.98 Å². The maximum Gasteiger partial charge on any atom is 0.230 e. The van der Waals surface area contributed by atoms with Crippen molar-refractivity contribution in [2.45, 2.75) is 46.5 Å². The van der Waals surface area contributed by atoms with Crippen LogP contribution in [0.25, 0.3) is 11.3 Å². The molecule has 6 heteroatoms. The summed E-state index contributed by atoms with van der Waals surface area (Å²) in [5.74, 6) is -0.0711. The molecule has 0 aliphatic carbocycles. The number of anilines is 1. The first-order chi connectivity index (χ1) is 12.6. The number of carbonyl (C=O) groups is 1. The number of nitrogens with zero attached hydrogens (tertiary/aromatic N) is 3. The highest BCUT2D eigenvalue weighted by Crippen LogP contribution is 2.28. The molecule has 0 atom stereocenters. The second kappa shape index (κ2) is 7.27. The summed E-state index contributed by atoms with van der Waals surface area (Å²) in [6.45, 7) is 10.5. The van der Waals surface area contributed by atoms with E-state index in [1.54, 1.807) is 4.68 Å². The Labute approximate surface area is 164 Å². The summed E-state index contributed by atoms with van der Waals surface area (Å²) in [5, 5.41) is 9.87. The van der Waals surface area contributed by atoms with E-state index in [4.69, 9.17) is 0 Å². The third-order valence-corrected chi connectivity index (χ3v) is 5.55. The molecule has 0 saturated carbocycles. The van der Waals surface area contributed by atoms with Crippen LogP contribution in [-0.2, 0) is 23.7 Å². The van der Waals surface area contributed by atoms with Gasteiger partial charge < -0.3 is 5.32 Å². The van der Waals surface area contributed by atoms with Gasteiger partial charge in [0.05, 0.1) is 17.8 Å². The molecule has 0 saturated heterocycles.